The minimum atomic E-state index is 0.826. The summed E-state index contributed by atoms with van der Waals surface area (Å²) in [5.41, 5.74) is 0. The summed E-state index contributed by atoms with van der Waals surface area (Å²) in [4.78, 5) is 0. The molecule has 1 aliphatic carbocycles. The topological polar surface area (TPSA) is 24.1 Å². The van der Waals surface area contributed by atoms with Crippen LogP contribution in [0.2, 0.25) is 0 Å². The first-order chi connectivity index (χ1) is 5.84. The van der Waals surface area contributed by atoms with Crippen LogP contribution in [-0.4, -0.2) is 25.7 Å². The van der Waals surface area contributed by atoms with Gasteiger partial charge in [-0.25, -0.2) is 0 Å². The van der Waals surface area contributed by atoms with E-state index >= 15 is 0 Å². The zero-order valence-corrected chi connectivity index (χ0v) is 8.40. The van der Waals surface area contributed by atoms with Gasteiger partial charge < -0.3 is 10.6 Å². The van der Waals surface area contributed by atoms with Crippen LogP contribution in [-0.2, 0) is 0 Å². The van der Waals surface area contributed by atoms with Crippen LogP contribution in [0, 0.1) is 5.92 Å². The van der Waals surface area contributed by atoms with E-state index in [1.807, 2.05) is 0 Å². The zero-order valence-electron chi connectivity index (χ0n) is 8.40. The molecule has 0 amide bonds. The molecule has 1 rings (SSSR count). The summed E-state index contributed by atoms with van der Waals surface area (Å²) in [6.45, 7) is 7.93. The molecule has 1 aliphatic rings. The van der Waals surface area contributed by atoms with E-state index in [-0.39, 0.29) is 0 Å². The number of hydrogen-bond donors (Lipinski definition) is 2. The summed E-state index contributed by atoms with van der Waals surface area (Å²) in [5.74, 6) is 0.920. The quantitative estimate of drug-likeness (QED) is 0.588. The molecule has 12 heavy (non-hydrogen) atoms. The monoisotopic (exact) mass is 170 g/mol. The van der Waals surface area contributed by atoms with Crippen molar-refractivity contribution < 1.29 is 0 Å². The van der Waals surface area contributed by atoms with Crippen LogP contribution in [0.5, 0.6) is 0 Å². The molecule has 0 bridgehead atoms. The molecule has 72 valence electrons. The second-order valence-corrected chi connectivity index (χ2v) is 3.82. The van der Waals surface area contributed by atoms with Gasteiger partial charge in [0.15, 0.2) is 0 Å². The maximum atomic E-state index is 3.59. The van der Waals surface area contributed by atoms with E-state index < -0.39 is 0 Å². The lowest BCUT2D eigenvalue weighted by molar-refractivity contribution is 0.230. The molecule has 0 aliphatic heterocycles. The molecule has 2 atom stereocenters. The van der Waals surface area contributed by atoms with Crippen LogP contribution in [0.15, 0.2) is 0 Å². The number of rotatable bonds is 6. The van der Waals surface area contributed by atoms with E-state index in [0.717, 1.165) is 25.0 Å². The largest absolute Gasteiger partial charge is 0.317 e. The Bertz CT molecular complexity index is 114. The van der Waals surface area contributed by atoms with Crippen molar-refractivity contribution in [2.75, 3.05) is 19.6 Å². The molecule has 2 heteroatoms. The van der Waals surface area contributed by atoms with Gasteiger partial charge in [0.2, 0.25) is 0 Å². The van der Waals surface area contributed by atoms with Crippen LogP contribution >= 0.6 is 0 Å². The van der Waals surface area contributed by atoms with Crippen molar-refractivity contribution in [3.8, 4) is 0 Å². The van der Waals surface area contributed by atoms with E-state index in [1.54, 1.807) is 0 Å². The fraction of sp³-hybridized carbons (Fsp3) is 1.00. The molecule has 2 N–H and O–H groups in total. The van der Waals surface area contributed by atoms with Gasteiger partial charge in [-0.1, -0.05) is 13.8 Å². The van der Waals surface area contributed by atoms with Crippen LogP contribution < -0.4 is 10.6 Å². The Hall–Kier alpha value is -0.0800. The lowest BCUT2D eigenvalue weighted by Crippen LogP contribution is -2.43. The second-order valence-electron chi connectivity index (χ2n) is 3.82. The third-order valence-corrected chi connectivity index (χ3v) is 2.81. The molecular weight excluding hydrogens is 148 g/mol. The smallest absolute Gasteiger partial charge is 0.00928 e. The van der Waals surface area contributed by atoms with Crippen molar-refractivity contribution in [2.45, 2.75) is 39.2 Å². The highest BCUT2D eigenvalue weighted by Crippen LogP contribution is 2.25. The molecule has 1 fully saturated rings. The maximum Gasteiger partial charge on any atom is 0.00928 e. The minimum Gasteiger partial charge on any atom is -0.317 e. The Labute approximate surface area is 76.1 Å². The van der Waals surface area contributed by atoms with Crippen molar-refractivity contribution in [1.82, 2.24) is 10.6 Å². The first-order valence-corrected chi connectivity index (χ1v) is 5.28. The van der Waals surface area contributed by atoms with Crippen molar-refractivity contribution in [3.63, 3.8) is 0 Å². The molecule has 0 aromatic carbocycles. The zero-order chi connectivity index (χ0) is 8.81. The first kappa shape index (κ1) is 10.0. The molecule has 0 saturated heterocycles. The summed E-state index contributed by atoms with van der Waals surface area (Å²) in [7, 11) is 0. The molecule has 2 unspecified atom stereocenters. The Balaban J connectivity index is 1.82. The van der Waals surface area contributed by atoms with Crippen LogP contribution in [0.25, 0.3) is 0 Å². The van der Waals surface area contributed by atoms with Gasteiger partial charge in [0.1, 0.15) is 0 Å². The predicted molar refractivity (Wildman–Crippen MR) is 53.3 cm³/mol. The summed E-state index contributed by atoms with van der Waals surface area (Å²) in [6, 6.07) is 0.826. The molecule has 0 aromatic rings. The Kier molecular flexibility index (Phi) is 4.62. The SMILES string of the molecule is CCNCCCNC1CCC1C. The average Bonchev–Trinajstić information content (AvgIpc) is 2.08. The first-order valence-electron chi connectivity index (χ1n) is 5.28. The Morgan fingerprint density at radius 2 is 2.08 bits per heavy atom. The van der Waals surface area contributed by atoms with E-state index in [2.05, 4.69) is 24.5 Å². The Morgan fingerprint density at radius 3 is 2.58 bits per heavy atom. The molecule has 0 spiro atoms. The van der Waals surface area contributed by atoms with Crippen LogP contribution in [0.4, 0.5) is 0 Å². The van der Waals surface area contributed by atoms with Crippen molar-refractivity contribution >= 4 is 0 Å². The predicted octanol–water partition coefficient (Wildman–Crippen LogP) is 1.37. The molecular formula is C10H22N2. The molecule has 1 saturated carbocycles. The van der Waals surface area contributed by atoms with Crippen LogP contribution in [0.1, 0.15) is 33.1 Å². The van der Waals surface area contributed by atoms with Crippen molar-refractivity contribution in [3.05, 3.63) is 0 Å². The summed E-state index contributed by atoms with van der Waals surface area (Å²) in [6.07, 6.45) is 4.07. The lowest BCUT2D eigenvalue weighted by atomic mass is 9.81. The minimum absolute atomic E-state index is 0.826. The van der Waals surface area contributed by atoms with Gasteiger partial charge in [-0.05, 0) is 44.8 Å². The van der Waals surface area contributed by atoms with Crippen LogP contribution in [0.3, 0.4) is 0 Å². The van der Waals surface area contributed by atoms with Gasteiger partial charge in [-0.2, -0.15) is 0 Å². The standard InChI is InChI=1S/C10H22N2/c1-3-11-7-4-8-12-10-6-5-9(10)2/h9-12H,3-8H2,1-2H3. The third kappa shape index (κ3) is 3.11. The fourth-order valence-corrected chi connectivity index (χ4v) is 1.65. The van der Waals surface area contributed by atoms with Gasteiger partial charge in [0, 0.05) is 6.04 Å². The summed E-state index contributed by atoms with van der Waals surface area (Å²) < 4.78 is 0. The van der Waals surface area contributed by atoms with Crippen molar-refractivity contribution in [1.29, 1.82) is 0 Å². The summed E-state index contributed by atoms with van der Waals surface area (Å²) in [5, 5.41) is 6.92. The Morgan fingerprint density at radius 1 is 1.25 bits per heavy atom. The van der Waals surface area contributed by atoms with Crippen molar-refractivity contribution in [2.24, 2.45) is 5.92 Å². The van der Waals surface area contributed by atoms with Gasteiger partial charge >= 0.3 is 0 Å². The van der Waals surface area contributed by atoms with Gasteiger partial charge in [-0.3, -0.25) is 0 Å². The highest BCUT2D eigenvalue weighted by Gasteiger charge is 2.25. The second kappa shape index (κ2) is 5.55. The average molecular weight is 170 g/mol. The normalized spacial score (nSPS) is 28.5. The molecule has 0 radical (unpaired) electrons. The van der Waals surface area contributed by atoms with E-state index in [9.17, 15) is 0 Å². The van der Waals surface area contributed by atoms with E-state index in [4.69, 9.17) is 0 Å². The van der Waals surface area contributed by atoms with Gasteiger partial charge in [0.25, 0.3) is 0 Å². The maximum absolute atomic E-state index is 3.59. The lowest BCUT2D eigenvalue weighted by Gasteiger charge is -2.34. The summed E-state index contributed by atoms with van der Waals surface area (Å²) >= 11 is 0. The third-order valence-electron chi connectivity index (χ3n) is 2.81. The van der Waals surface area contributed by atoms with Gasteiger partial charge in [-0.15, -0.1) is 0 Å². The van der Waals surface area contributed by atoms with E-state index in [1.165, 1.54) is 25.8 Å². The number of hydrogen-bond acceptors (Lipinski definition) is 2. The molecule has 2 nitrogen and oxygen atoms in total. The molecule has 0 aromatic heterocycles. The number of nitrogens with one attached hydrogen (secondary N) is 2. The molecule has 0 heterocycles. The highest BCUT2D eigenvalue weighted by atomic mass is 14.9. The van der Waals surface area contributed by atoms with E-state index in [0.29, 0.717) is 0 Å². The fourth-order valence-electron chi connectivity index (χ4n) is 1.65. The highest BCUT2D eigenvalue weighted by molar-refractivity contribution is 4.83. The van der Waals surface area contributed by atoms with Gasteiger partial charge in [0.05, 0.1) is 0 Å².